The first-order valence-corrected chi connectivity index (χ1v) is 15.6. The van der Waals surface area contributed by atoms with Crippen molar-refractivity contribution >= 4 is 36.0 Å². The summed E-state index contributed by atoms with van der Waals surface area (Å²) in [5, 5.41) is 0. The summed E-state index contributed by atoms with van der Waals surface area (Å²) in [5.41, 5.74) is 1.04. The monoisotopic (exact) mass is 380 g/mol. The van der Waals surface area contributed by atoms with Crippen LogP contribution in [0.5, 0.6) is 0 Å². The summed E-state index contributed by atoms with van der Waals surface area (Å²) in [6, 6.07) is 9.86. The van der Waals surface area contributed by atoms with Crippen LogP contribution in [0.3, 0.4) is 0 Å². The third kappa shape index (κ3) is 4.50. The van der Waals surface area contributed by atoms with E-state index < -0.39 is 10.2 Å². The molecule has 1 aromatic carbocycles. The summed E-state index contributed by atoms with van der Waals surface area (Å²) >= 11 is 6.75. The van der Waals surface area contributed by atoms with E-state index in [2.05, 4.69) is 30.8 Å². The van der Waals surface area contributed by atoms with Gasteiger partial charge in [0.05, 0.1) is 0 Å². The molecule has 0 bridgehead atoms. The van der Waals surface area contributed by atoms with Gasteiger partial charge in [0, 0.05) is 0 Å². The molecule has 0 nitrogen and oxygen atoms in total. The van der Waals surface area contributed by atoms with Crippen molar-refractivity contribution in [3.63, 3.8) is 0 Å². The van der Waals surface area contributed by atoms with Crippen LogP contribution in [0.1, 0.15) is 5.56 Å². The molecule has 0 radical (unpaired) electrons. The van der Waals surface area contributed by atoms with Crippen molar-refractivity contribution in [1.82, 2.24) is 0 Å². The summed E-state index contributed by atoms with van der Waals surface area (Å²) in [6.07, 6.45) is 0. The average Bonchev–Trinajstić information content (AvgIpc) is 1.85. The van der Waals surface area contributed by atoms with Gasteiger partial charge in [-0.1, -0.05) is 0 Å². The van der Waals surface area contributed by atoms with E-state index in [1.807, 2.05) is 30.3 Å². The van der Waals surface area contributed by atoms with Crippen molar-refractivity contribution in [1.29, 1.82) is 0 Å². The molecular weight excluding hydrogens is 375 g/mol. The van der Waals surface area contributed by atoms with E-state index >= 15 is 0 Å². The second-order valence-corrected chi connectivity index (χ2v) is 28.2. The van der Waals surface area contributed by atoms with Crippen LogP contribution >= 0.6 is 36.0 Å². The van der Waals surface area contributed by atoms with Gasteiger partial charge in [0.2, 0.25) is 0 Å². The Balaban J connectivity index is 3.11. The first-order valence-electron chi connectivity index (χ1n) is 2.83. The Hall–Kier alpha value is 0.938. The van der Waals surface area contributed by atoms with E-state index in [4.69, 9.17) is 9.42 Å². The quantitative estimate of drug-likeness (QED) is 0.599. The van der Waals surface area contributed by atoms with Crippen molar-refractivity contribution in [2.24, 2.45) is 0 Å². The molecule has 0 aliphatic rings. The van der Waals surface area contributed by atoms with E-state index in [1.165, 1.54) is 0 Å². The standard InChI is InChI=1S/C7H5.2BrH.ClH.Mo/c1-7-5-3-2-4-6-7;;;;/h2-6H;3*1H;/q;;;;+3/p-3. The summed E-state index contributed by atoms with van der Waals surface area (Å²) in [5.74, 6) is 0. The Labute approximate surface area is 85.5 Å². The predicted molar refractivity (Wildman–Crippen MR) is 53.1 cm³/mol. The van der Waals surface area contributed by atoms with Gasteiger partial charge in [0.15, 0.2) is 0 Å². The molecule has 0 aliphatic heterocycles. The van der Waals surface area contributed by atoms with Crippen LogP contribution in [0.4, 0.5) is 0 Å². The van der Waals surface area contributed by atoms with Gasteiger partial charge in [0.25, 0.3) is 0 Å². The number of benzene rings is 1. The minimum absolute atomic E-state index is 1.04. The van der Waals surface area contributed by atoms with Crippen LogP contribution in [-0.2, 0) is 10.2 Å². The van der Waals surface area contributed by atoms with Crippen LogP contribution < -0.4 is 0 Å². The van der Waals surface area contributed by atoms with Gasteiger partial charge < -0.3 is 0 Å². The molecule has 0 saturated carbocycles. The molecule has 0 heterocycles. The molecular formula is C7H5Br2ClMo. The molecule has 4 heteroatoms. The van der Waals surface area contributed by atoms with Crippen LogP contribution in [0.25, 0.3) is 0 Å². The van der Waals surface area contributed by atoms with Crippen molar-refractivity contribution in [3.8, 4) is 4.20 Å². The van der Waals surface area contributed by atoms with Crippen LogP contribution in [-0.4, -0.2) is 0 Å². The van der Waals surface area contributed by atoms with E-state index in [9.17, 15) is 0 Å². The zero-order chi connectivity index (χ0) is 8.32. The van der Waals surface area contributed by atoms with Gasteiger partial charge in [0.1, 0.15) is 0 Å². The molecule has 0 N–H and O–H groups in total. The Morgan fingerprint density at radius 3 is 2.18 bits per heavy atom. The molecule has 1 rings (SSSR count). The van der Waals surface area contributed by atoms with Crippen LogP contribution in [0.15, 0.2) is 30.3 Å². The summed E-state index contributed by atoms with van der Waals surface area (Å²) in [4.78, 5) is 0. The first-order chi connectivity index (χ1) is 5.08. The molecule has 0 unspecified atom stereocenters. The van der Waals surface area contributed by atoms with Crippen molar-refractivity contribution in [3.05, 3.63) is 35.9 Å². The van der Waals surface area contributed by atoms with Crippen molar-refractivity contribution in [2.45, 2.75) is 0 Å². The fraction of sp³-hybridized carbons (Fsp3) is 0. The van der Waals surface area contributed by atoms with Gasteiger partial charge in [-0.15, -0.1) is 0 Å². The van der Waals surface area contributed by atoms with Gasteiger partial charge in [-0.2, -0.15) is 0 Å². The van der Waals surface area contributed by atoms with E-state index in [0.717, 1.165) is 5.56 Å². The van der Waals surface area contributed by atoms with Gasteiger partial charge in [-0.3, -0.25) is 0 Å². The third-order valence-corrected chi connectivity index (χ3v) is 4.53. The minimum atomic E-state index is -2.53. The van der Waals surface area contributed by atoms with E-state index in [0.29, 0.717) is 0 Å². The Morgan fingerprint density at radius 2 is 1.73 bits per heavy atom. The molecule has 0 fully saturated rings. The molecule has 0 aromatic heterocycles. The second-order valence-electron chi connectivity index (χ2n) is 1.87. The normalized spacial score (nSPS) is 10.8. The second kappa shape index (κ2) is 4.25. The predicted octanol–water partition coefficient (Wildman–Crippen LogP) is 3.92. The van der Waals surface area contributed by atoms with Gasteiger partial charge in [-0.25, -0.2) is 0 Å². The maximum atomic E-state index is 5.98. The Kier molecular flexibility index (Phi) is 3.87. The third-order valence-electron chi connectivity index (χ3n) is 1.01. The molecule has 0 atom stereocenters. The summed E-state index contributed by atoms with van der Waals surface area (Å²) in [7, 11) is 3.45. The summed E-state index contributed by atoms with van der Waals surface area (Å²) in [6.45, 7) is 0. The molecule has 0 amide bonds. The number of hydrogen-bond acceptors (Lipinski definition) is 0. The van der Waals surface area contributed by atoms with Gasteiger partial charge in [-0.05, 0) is 0 Å². The average molecular weight is 380 g/mol. The fourth-order valence-corrected chi connectivity index (χ4v) is 4.37. The van der Waals surface area contributed by atoms with Crippen LogP contribution in [0, 0.1) is 4.20 Å². The Bertz CT molecular complexity index is 327. The molecule has 11 heavy (non-hydrogen) atoms. The first kappa shape index (κ1) is 10.0. The van der Waals surface area contributed by atoms with E-state index in [1.54, 1.807) is 0 Å². The summed E-state index contributed by atoms with van der Waals surface area (Å²) < 4.78 is 3.17. The maximum absolute atomic E-state index is 5.98. The number of hydrogen-bond donors (Lipinski definition) is 0. The van der Waals surface area contributed by atoms with Gasteiger partial charge >= 0.3 is 86.4 Å². The number of halogens is 3. The molecule has 60 valence electrons. The van der Waals surface area contributed by atoms with Crippen molar-refractivity contribution in [2.75, 3.05) is 0 Å². The molecule has 1 aromatic rings. The topological polar surface area (TPSA) is 0 Å². The zero-order valence-corrected chi connectivity index (χ0v) is 11.4. The van der Waals surface area contributed by atoms with Crippen LogP contribution in [0.2, 0.25) is 0 Å². The SMILES string of the molecule is [Cl][Mo]([Br])([Br])#[C]c1ccccc1. The Morgan fingerprint density at radius 1 is 1.18 bits per heavy atom. The number of rotatable bonds is 0. The fourth-order valence-electron chi connectivity index (χ4n) is 0.640. The molecule has 0 aliphatic carbocycles. The van der Waals surface area contributed by atoms with E-state index in [-0.39, 0.29) is 0 Å². The zero-order valence-electron chi connectivity index (χ0n) is 5.43. The molecule has 0 saturated heterocycles. The molecule has 0 spiro atoms. The van der Waals surface area contributed by atoms with Crippen molar-refractivity contribution < 1.29 is 10.2 Å².